The van der Waals surface area contributed by atoms with Crippen molar-refractivity contribution >= 4 is 5.91 Å². The fraction of sp³-hybridized carbons (Fsp3) is 0.167. The van der Waals surface area contributed by atoms with Crippen LogP contribution >= 0.6 is 0 Å². The summed E-state index contributed by atoms with van der Waals surface area (Å²) in [4.78, 5) is 11.0. The van der Waals surface area contributed by atoms with E-state index in [0.29, 0.717) is 17.4 Å². The van der Waals surface area contributed by atoms with Crippen molar-refractivity contribution in [3.05, 3.63) is 71.3 Å². The maximum absolute atomic E-state index is 11.0. The van der Waals surface area contributed by atoms with Crippen LogP contribution in [0.1, 0.15) is 33.8 Å². The fourth-order valence-corrected chi connectivity index (χ4v) is 2.32. The predicted octanol–water partition coefficient (Wildman–Crippen LogP) is 2.94. The summed E-state index contributed by atoms with van der Waals surface area (Å²) in [6.07, 6.45) is 1.14. The van der Waals surface area contributed by atoms with Crippen LogP contribution in [-0.4, -0.2) is 5.91 Å². The molecule has 2 atom stereocenters. The lowest BCUT2D eigenvalue weighted by Gasteiger charge is -1.95. The van der Waals surface area contributed by atoms with E-state index >= 15 is 0 Å². The summed E-state index contributed by atoms with van der Waals surface area (Å²) in [6, 6.07) is 17.6. The second-order valence-electron chi connectivity index (χ2n) is 5.07. The van der Waals surface area contributed by atoms with E-state index in [4.69, 9.17) is 5.73 Å². The quantitative estimate of drug-likeness (QED) is 0.830. The van der Waals surface area contributed by atoms with E-state index in [9.17, 15) is 4.79 Å². The standard InChI is InChI=1S/C18H15NO/c19-18(20)15-9-6-13(7-10-15)8-11-16-12-17(16)14-4-2-1-3-5-14/h1-7,9-10,16-17H,12H2,(H2,19,20). The summed E-state index contributed by atoms with van der Waals surface area (Å²) >= 11 is 0. The van der Waals surface area contributed by atoms with Crippen LogP contribution in [0.5, 0.6) is 0 Å². The fourth-order valence-electron chi connectivity index (χ4n) is 2.32. The van der Waals surface area contributed by atoms with Crippen LogP contribution in [0.4, 0.5) is 0 Å². The number of carbonyl (C=O) groups excluding carboxylic acids is 1. The summed E-state index contributed by atoms with van der Waals surface area (Å²) in [7, 11) is 0. The monoisotopic (exact) mass is 261 g/mol. The minimum atomic E-state index is -0.407. The normalized spacial score (nSPS) is 19.8. The van der Waals surface area contributed by atoms with Crippen molar-refractivity contribution in [2.24, 2.45) is 11.7 Å². The van der Waals surface area contributed by atoms with Gasteiger partial charge in [-0.15, -0.1) is 0 Å². The van der Waals surface area contributed by atoms with Crippen molar-refractivity contribution < 1.29 is 4.79 Å². The van der Waals surface area contributed by atoms with Crippen LogP contribution in [0.2, 0.25) is 0 Å². The number of hydrogen-bond donors (Lipinski definition) is 1. The molecule has 0 saturated heterocycles. The Bertz CT molecular complexity index is 677. The van der Waals surface area contributed by atoms with E-state index in [1.807, 2.05) is 18.2 Å². The Morgan fingerprint density at radius 1 is 1.05 bits per heavy atom. The Morgan fingerprint density at radius 3 is 2.40 bits per heavy atom. The number of benzene rings is 2. The maximum Gasteiger partial charge on any atom is 0.248 e. The molecule has 3 rings (SSSR count). The number of carbonyl (C=O) groups is 1. The van der Waals surface area contributed by atoms with Crippen molar-refractivity contribution in [2.45, 2.75) is 12.3 Å². The van der Waals surface area contributed by atoms with Crippen molar-refractivity contribution in [3.63, 3.8) is 0 Å². The third kappa shape index (κ3) is 2.73. The predicted molar refractivity (Wildman–Crippen MR) is 79.1 cm³/mol. The van der Waals surface area contributed by atoms with Gasteiger partial charge in [0, 0.05) is 17.0 Å². The summed E-state index contributed by atoms with van der Waals surface area (Å²) < 4.78 is 0. The first-order chi connectivity index (χ1) is 9.74. The Hall–Kier alpha value is -2.53. The molecule has 2 aromatic carbocycles. The van der Waals surface area contributed by atoms with Gasteiger partial charge in [0.2, 0.25) is 5.91 Å². The lowest BCUT2D eigenvalue weighted by atomic mass is 10.1. The molecule has 0 bridgehead atoms. The van der Waals surface area contributed by atoms with Gasteiger partial charge in [0.1, 0.15) is 0 Å². The molecule has 1 saturated carbocycles. The number of nitrogens with two attached hydrogens (primary N) is 1. The largest absolute Gasteiger partial charge is 0.366 e. The number of hydrogen-bond acceptors (Lipinski definition) is 1. The molecule has 1 amide bonds. The van der Waals surface area contributed by atoms with Gasteiger partial charge < -0.3 is 5.73 Å². The van der Waals surface area contributed by atoms with Crippen molar-refractivity contribution in [3.8, 4) is 11.8 Å². The molecule has 0 radical (unpaired) electrons. The average molecular weight is 261 g/mol. The maximum atomic E-state index is 11.0. The zero-order chi connectivity index (χ0) is 13.9. The van der Waals surface area contributed by atoms with Gasteiger partial charge in [-0.3, -0.25) is 4.79 Å². The second-order valence-corrected chi connectivity index (χ2v) is 5.07. The number of primary amides is 1. The molecule has 2 heteroatoms. The SMILES string of the molecule is NC(=O)c1ccc(C#CC2CC2c2ccccc2)cc1. The first kappa shape index (κ1) is 12.5. The lowest BCUT2D eigenvalue weighted by Crippen LogP contribution is -2.10. The number of amides is 1. The van der Waals surface area contributed by atoms with Gasteiger partial charge in [0.15, 0.2) is 0 Å². The van der Waals surface area contributed by atoms with E-state index in [1.165, 1.54) is 5.56 Å². The smallest absolute Gasteiger partial charge is 0.248 e. The molecule has 0 heterocycles. The zero-order valence-corrected chi connectivity index (χ0v) is 11.0. The van der Waals surface area contributed by atoms with E-state index < -0.39 is 5.91 Å². The van der Waals surface area contributed by atoms with Gasteiger partial charge in [-0.2, -0.15) is 0 Å². The molecular formula is C18H15NO. The molecule has 98 valence electrons. The van der Waals surface area contributed by atoms with Crippen LogP contribution in [0, 0.1) is 17.8 Å². The van der Waals surface area contributed by atoms with Crippen LogP contribution in [0.25, 0.3) is 0 Å². The lowest BCUT2D eigenvalue weighted by molar-refractivity contribution is 0.100. The van der Waals surface area contributed by atoms with Crippen molar-refractivity contribution in [1.82, 2.24) is 0 Å². The summed E-state index contributed by atoms with van der Waals surface area (Å²) in [6.45, 7) is 0. The Kier molecular flexibility index (Phi) is 3.26. The molecule has 1 aliphatic rings. The average Bonchev–Trinajstić information content (AvgIpc) is 3.26. The highest BCUT2D eigenvalue weighted by molar-refractivity contribution is 5.92. The van der Waals surface area contributed by atoms with E-state index in [-0.39, 0.29) is 0 Å². The molecule has 1 fully saturated rings. The number of rotatable bonds is 2. The van der Waals surface area contributed by atoms with E-state index in [1.54, 1.807) is 12.1 Å². The summed E-state index contributed by atoms with van der Waals surface area (Å²) in [5.74, 6) is 7.10. The first-order valence-corrected chi connectivity index (χ1v) is 6.70. The topological polar surface area (TPSA) is 43.1 Å². The molecule has 2 aromatic rings. The van der Waals surface area contributed by atoms with Gasteiger partial charge in [-0.25, -0.2) is 0 Å². The van der Waals surface area contributed by atoms with Crippen LogP contribution in [-0.2, 0) is 0 Å². The molecular weight excluding hydrogens is 246 g/mol. The van der Waals surface area contributed by atoms with Gasteiger partial charge in [0.25, 0.3) is 0 Å². The van der Waals surface area contributed by atoms with E-state index in [0.717, 1.165) is 12.0 Å². The molecule has 1 aliphatic carbocycles. The van der Waals surface area contributed by atoms with Crippen molar-refractivity contribution in [1.29, 1.82) is 0 Å². The van der Waals surface area contributed by atoms with Crippen LogP contribution < -0.4 is 5.73 Å². The second kappa shape index (κ2) is 5.22. The van der Waals surface area contributed by atoms with Crippen LogP contribution in [0.15, 0.2) is 54.6 Å². The molecule has 2 unspecified atom stereocenters. The molecule has 0 spiro atoms. The van der Waals surface area contributed by atoms with Gasteiger partial charge in [0.05, 0.1) is 0 Å². The third-order valence-corrected chi connectivity index (χ3v) is 3.59. The highest BCUT2D eigenvalue weighted by Gasteiger charge is 2.36. The molecule has 0 aliphatic heterocycles. The Morgan fingerprint density at radius 2 is 1.75 bits per heavy atom. The minimum absolute atomic E-state index is 0.407. The Labute approximate surface area is 118 Å². The van der Waals surface area contributed by atoms with Gasteiger partial charge >= 0.3 is 0 Å². The summed E-state index contributed by atoms with van der Waals surface area (Å²) in [5.41, 5.74) is 8.02. The third-order valence-electron chi connectivity index (χ3n) is 3.59. The van der Waals surface area contributed by atoms with Crippen LogP contribution in [0.3, 0.4) is 0 Å². The molecule has 0 aromatic heterocycles. The van der Waals surface area contributed by atoms with Gasteiger partial charge in [-0.1, -0.05) is 42.2 Å². The van der Waals surface area contributed by atoms with Gasteiger partial charge in [-0.05, 0) is 42.2 Å². The minimum Gasteiger partial charge on any atom is -0.366 e. The van der Waals surface area contributed by atoms with Crippen molar-refractivity contribution in [2.75, 3.05) is 0 Å². The molecule has 2 nitrogen and oxygen atoms in total. The highest BCUT2D eigenvalue weighted by atomic mass is 16.1. The molecule has 2 N–H and O–H groups in total. The Balaban J connectivity index is 1.67. The van der Waals surface area contributed by atoms with E-state index in [2.05, 4.69) is 36.1 Å². The summed E-state index contributed by atoms with van der Waals surface area (Å²) in [5, 5.41) is 0. The molecule has 20 heavy (non-hydrogen) atoms. The zero-order valence-electron chi connectivity index (χ0n) is 11.0. The first-order valence-electron chi connectivity index (χ1n) is 6.70. The highest BCUT2D eigenvalue weighted by Crippen LogP contribution is 2.46.